The zero-order valence-corrected chi connectivity index (χ0v) is 14.7. The predicted octanol–water partition coefficient (Wildman–Crippen LogP) is 2.53. The van der Waals surface area contributed by atoms with Crippen molar-refractivity contribution in [3.8, 4) is 5.75 Å². The number of hydrogen-bond donors (Lipinski definition) is 2. The number of hydrogen-bond acceptors (Lipinski definition) is 4. The fourth-order valence-corrected chi connectivity index (χ4v) is 3.75. The molecule has 5 nitrogen and oxygen atoms in total. The average molecular weight is 340 g/mol. The molecule has 1 aromatic carbocycles. The summed E-state index contributed by atoms with van der Waals surface area (Å²) in [5, 5.41) is 3.29. The summed E-state index contributed by atoms with van der Waals surface area (Å²) in [7, 11) is -3.42. The summed E-state index contributed by atoms with van der Waals surface area (Å²) in [6.07, 6.45) is 5.33. The molecule has 1 aliphatic heterocycles. The molecule has 0 spiro atoms. The minimum Gasteiger partial charge on any atom is -0.494 e. The van der Waals surface area contributed by atoms with Gasteiger partial charge in [-0.05, 0) is 62.5 Å². The van der Waals surface area contributed by atoms with Crippen molar-refractivity contribution in [2.45, 2.75) is 43.9 Å². The van der Waals surface area contributed by atoms with Gasteiger partial charge in [0.05, 0.1) is 11.5 Å². The summed E-state index contributed by atoms with van der Waals surface area (Å²) in [5.74, 6) is 1.30. The van der Waals surface area contributed by atoms with E-state index in [1.807, 2.05) is 0 Å². The molecule has 0 amide bonds. The van der Waals surface area contributed by atoms with Crippen LogP contribution >= 0.6 is 0 Å². The van der Waals surface area contributed by atoms with Crippen molar-refractivity contribution >= 4 is 10.0 Å². The lowest BCUT2D eigenvalue weighted by molar-refractivity contribution is 0.306. The molecule has 0 aromatic heterocycles. The van der Waals surface area contributed by atoms with Gasteiger partial charge >= 0.3 is 0 Å². The van der Waals surface area contributed by atoms with Gasteiger partial charge in [0.2, 0.25) is 10.0 Å². The predicted molar refractivity (Wildman–Crippen MR) is 92.2 cm³/mol. The molecule has 1 atom stereocenters. The van der Waals surface area contributed by atoms with Gasteiger partial charge in [0.15, 0.2) is 0 Å². The lowest BCUT2D eigenvalue weighted by Gasteiger charge is -2.11. The Morgan fingerprint density at radius 2 is 2.04 bits per heavy atom. The highest BCUT2D eigenvalue weighted by molar-refractivity contribution is 7.89. The minimum atomic E-state index is -3.42. The van der Waals surface area contributed by atoms with Crippen LogP contribution in [0.2, 0.25) is 0 Å². The molecule has 1 saturated heterocycles. The van der Waals surface area contributed by atoms with E-state index in [9.17, 15) is 8.42 Å². The zero-order valence-electron chi connectivity index (χ0n) is 13.9. The summed E-state index contributed by atoms with van der Waals surface area (Å²) in [6.45, 7) is 5.34. The van der Waals surface area contributed by atoms with Gasteiger partial charge < -0.3 is 10.1 Å². The number of rotatable bonds is 10. The van der Waals surface area contributed by atoms with Gasteiger partial charge in [0.1, 0.15) is 5.75 Å². The van der Waals surface area contributed by atoms with Gasteiger partial charge in [0.25, 0.3) is 0 Å². The third-order valence-corrected chi connectivity index (χ3v) is 5.63. The maximum Gasteiger partial charge on any atom is 0.240 e. The van der Waals surface area contributed by atoms with Crippen LogP contribution < -0.4 is 14.8 Å². The lowest BCUT2D eigenvalue weighted by atomic mass is 10.1. The highest BCUT2D eigenvalue weighted by Crippen LogP contribution is 2.17. The molecular weight excluding hydrogens is 312 g/mol. The van der Waals surface area contributed by atoms with E-state index in [-0.39, 0.29) is 0 Å². The van der Waals surface area contributed by atoms with Gasteiger partial charge in [-0.2, -0.15) is 0 Å². The number of benzene rings is 1. The summed E-state index contributed by atoms with van der Waals surface area (Å²) in [5.41, 5.74) is 0. The molecule has 0 radical (unpaired) electrons. The van der Waals surface area contributed by atoms with Gasteiger partial charge in [-0.3, -0.25) is 0 Å². The first kappa shape index (κ1) is 18.2. The third kappa shape index (κ3) is 6.12. The first-order valence-electron chi connectivity index (χ1n) is 8.55. The molecule has 2 N–H and O–H groups in total. The third-order valence-electron chi connectivity index (χ3n) is 4.16. The molecule has 23 heavy (non-hydrogen) atoms. The first-order valence-corrected chi connectivity index (χ1v) is 10.0. The van der Waals surface area contributed by atoms with Gasteiger partial charge in [-0.15, -0.1) is 0 Å². The van der Waals surface area contributed by atoms with E-state index < -0.39 is 10.0 Å². The molecule has 1 fully saturated rings. The molecular formula is C17H28N2O3S. The van der Waals surface area contributed by atoms with E-state index >= 15 is 0 Å². The van der Waals surface area contributed by atoms with Crippen molar-refractivity contribution in [3.05, 3.63) is 24.3 Å². The Hall–Kier alpha value is -1.11. The molecule has 2 rings (SSSR count). The van der Waals surface area contributed by atoms with E-state index in [1.165, 1.54) is 0 Å². The maximum absolute atomic E-state index is 12.2. The van der Waals surface area contributed by atoms with Crippen LogP contribution in [0.25, 0.3) is 0 Å². The Kier molecular flexibility index (Phi) is 7.33. The van der Waals surface area contributed by atoms with Gasteiger partial charge in [-0.1, -0.05) is 19.8 Å². The molecule has 0 aliphatic carbocycles. The second-order valence-corrected chi connectivity index (χ2v) is 7.84. The summed E-state index contributed by atoms with van der Waals surface area (Å²) >= 11 is 0. The molecule has 0 saturated carbocycles. The van der Waals surface area contributed by atoms with Crippen LogP contribution in [-0.4, -0.2) is 34.7 Å². The largest absolute Gasteiger partial charge is 0.494 e. The lowest BCUT2D eigenvalue weighted by Crippen LogP contribution is -2.26. The number of unbranched alkanes of at least 4 members (excludes halogenated alkanes) is 2. The Balaban J connectivity index is 1.79. The van der Waals surface area contributed by atoms with E-state index in [0.717, 1.165) is 50.9 Å². The summed E-state index contributed by atoms with van der Waals surface area (Å²) < 4.78 is 32.8. The molecule has 130 valence electrons. The van der Waals surface area contributed by atoms with Crippen molar-refractivity contribution in [2.75, 3.05) is 26.2 Å². The Labute approximate surface area is 139 Å². The second-order valence-electron chi connectivity index (χ2n) is 6.07. The Bertz CT molecular complexity index is 552. The van der Waals surface area contributed by atoms with Gasteiger partial charge in [-0.25, -0.2) is 13.1 Å². The number of sulfonamides is 1. The monoisotopic (exact) mass is 340 g/mol. The molecule has 1 aromatic rings. The van der Waals surface area contributed by atoms with E-state index in [2.05, 4.69) is 17.0 Å². The number of ether oxygens (including phenoxy) is 1. The molecule has 1 heterocycles. The van der Waals surface area contributed by atoms with E-state index in [4.69, 9.17) is 4.74 Å². The van der Waals surface area contributed by atoms with Crippen LogP contribution in [0.1, 0.15) is 39.0 Å². The Morgan fingerprint density at radius 1 is 1.26 bits per heavy atom. The standard InChI is InChI=1S/C17H28N2O3S/c1-2-3-4-13-22-16-5-7-17(8-6-16)23(20,21)19-12-10-15-9-11-18-14-15/h5-8,15,18-19H,2-4,9-14H2,1H3. The smallest absolute Gasteiger partial charge is 0.240 e. The zero-order chi connectivity index (χ0) is 16.5. The van der Waals surface area contributed by atoms with Crippen molar-refractivity contribution in [1.29, 1.82) is 0 Å². The fourth-order valence-electron chi connectivity index (χ4n) is 2.70. The van der Waals surface area contributed by atoms with Crippen LogP contribution in [0.4, 0.5) is 0 Å². The van der Waals surface area contributed by atoms with Crippen molar-refractivity contribution in [1.82, 2.24) is 10.0 Å². The topological polar surface area (TPSA) is 67.4 Å². The van der Waals surface area contributed by atoms with Crippen LogP contribution in [-0.2, 0) is 10.0 Å². The highest BCUT2D eigenvalue weighted by atomic mass is 32.2. The summed E-state index contributed by atoms with van der Waals surface area (Å²) in [6, 6.07) is 6.66. The second kappa shape index (κ2) is 9.25. The highest BCUT2D eigenvalue weighted by Gasteiger charge is 2.17. The van der Waals surface area contributed by atoms with Crippen LogP contribution in [0.5, 0.6) is 5.75 Å². The van der Waals surface area contributed by atoms with Crippen LogP contribution in [0, 0.1) is 5.92 Å². The van der Waals surface area contributed by atoms with Crippen molar-refractivity contribution in [3.63, 3.8) is 0 Å². The SMILES string of the molecule is CCCCCOc1ccc(S(=O)(=O)NCCC2CCNC2)cc1. The van der Waals surface area contributed by atoms with Crippen molar-refractivity contribution < 1.29 is 13.2 Å². The normalized spacial score (nSPS) is 18.2. The quantitative estimate of drug-likeness (QED) is 0.642. The molecule has 6 heteroatoms. The average Bonchev–Trinajstić information content (AvgIpc) is 3.05. The van der Waals surface area contributed by atoms with E-state index in [1.54, 1.807) is 24.3 Å². The maximum atomic E-state index is 12.2. The van der Waals surface area contributed by atoms with Crippen molar-refractivity contribution in [2.24, 2.45) is 5.92 Å². The summed E-state index contributed by atoms with van der Waals surface area (Å²) in [4.78, 5) is 0.294. The van der Waals surface area contributed by atoms with E-state index in [0.29, 0.717) is 24.0 Å². The molecule has 1 unspecified atom stereocenters. The number of nitrogens with one attached hydrogen (secondary N) is 2. The fraction of sp³-hybridized carbons (Fsp3) is 0.647. The minimum absolute atomic E-state index is 0.294. The molecule has 0 bridgehead atoms. The van der Waals surface area contributed by atoms with Gasteiger partial charge in [0, 0.05) is 6.54 Å². The van der Waals surface area contributed by atoms with Crippen LogP contribution in [0.3, 0.4) is 0 Å². The Morgan fingerprint density at radius 3 is 2.70 bits per heavy atom. The molecule has 1 aliphatic rings. The van der Waals surface area contributed by atoms with Crippen LogP contribution in [0.15, 0.2) is 29.2 Å². The first-order chi connectivity index (χ1) is 11.1.